The first kappa shape index (κ1) is 13.0. The largest absolute Gasteiger partial charge is 0.384 e. The zero-order valence-electron chi connectivity index (χ0n) is 11.1. The number of aryl methyl sites for hydroxylation is 1. The number of anilines is 1. The summed E-state index contributed by atoms with van der Waals surface area (Å²) in [6.45, 7) is 12.3. The summed E-state index contributed by atoms with van der Waals surface area (Å²) in [5, 5.41) is 3.54. The van der Waals surface area contributed by atoms with Gasteiger partial charge in [-0.3, -0.25) is 4.98 Å². The van der Waals surface area contributed by atoms with Crippen molar-refractivity contribution < 1.29 is 0 Å². The van der Waals surface area contributed by atoms with E-state index in [0.29, 0.717) is 5.92 Å². The molecule has 0 aromatic carbocycles. The van der Waals surface area contributed by atoms with E-state index in [4.69, 9.17) is 0 Å². The molecule has 0 aliphatic rings. The summed E-state index contributed by atoms with van der Waals surface area (Å²) < 4.78 is 0. The molecule has 0 spiro atoms. The smallest absolute Gasteiger partial charge is 0.0400 e. The van der Waals surface area contributed by atoms with Gasteiger partial charge >= 0.3 is 0 Å². The molecule has 1 aromatic rings. The number of hydrogen-bond acceptors (Lipinski definition) is 2. The molecule has 1 heterocycles. The van der Waals surface area contributed by atoms with Crippen molar-refractivity contribution in [2.45, 2.75) is 34.6 Å². The Morgan fingerprint density at radius 3 is 2.31 bits per heavy atom. The molecule has 0 aliphatic carbocycles. The van der Waals surface area contributed by atoms with E-state index in [2.05, 4.69) is 44.9 Å². The molecule has 0 fully saturated rings. The van der Waals surface area contributed by atoms with Crippen LogP contribution in [0.15, 0.2) is 18.5 Å². The van der Waals surface area contributed by atoms with Crippen LogP contribution in [0.5, 0.6) is 0 Å². The molecule has 0 saturated heterocycles. The molecule has 0 atom stereocenters. The molecule has 2 nitrogen and oxygen atoms in total. The van der Waals surface area contributed by atoms with E-state index in [-0.39, 0.29) is 0 Å². The number of nitrogens with zero attached hydrogens (tertiary/aromatic N) is 1. The van der Waals surface area contributed by atoms with Crippen LogP contribution in [-0.4, -0.2) is 11.5 Å². The van der Waals surface area contributed by atoms with Gasteiger partial charge in [-0.2, -0.15) is 0 Å². The summed E-state index contributed by atoms with van der Waals surface area (Å²) in [7, 11) is 0. The predicted octanol–water partition coefficient (Wildman–Crippen LogP) is 3.73. The molecular formula is C14H24N2. The first-order valence-corrected chi connectivity index (χ1v) is 6.16. The first-order chi connectivity index (χ1) is 7.52. The second-order valence-electron chi connectivity index (χ2n) is 5.22. The third-order valence-corrected chi connectivity index (χ3v) is 3.26. The standard InChI is InChI=1S/C14H24N2/c1-10(2)13(11(3)4)9-16-14-6-7-15-8-12(14)5/h6-8,10-11,13H,9H2,1-5H3,(H,15,16). The SMILES string of the molecule is Cc1cnccc1NCC(C(C)C)C(C)C. The van der Waals surface area contributed by atoms with Crippen molar-refractivity contribution in [2.24, 2.45) is 17.8 Å². The summed E-state index contributed by atoms with van der Waals surface area (Å²) in [6, 6.07) is 2.05. The lowest BCUT2D eigenvalue weighted by Crippen LogP contribution is -2.24. The maximum atomic E-state index is 4.10. The second-order valence-corrected chi connectivity index (χ2v) is 5.22. The Bertz CT molecular complexity index is 310. The second kappa shape index (κ2) is 5.88. The Balaban J connectivity index is 2.59. The minimum atomic E-state index is 0.715. The molecule has 0 bridgehead atoms. The van der Waals surface area contributed by atoms with Crippen LogP contribution in [0.1, 0.15) is 33.3 Å². The van der Waals surface area contributed by atoms with E-state index in [1.807, 2.05) is 18.5 Å². The van der Waals surface area contributed by atoms with Gasteiger partial charge < -0.3 is 5.32 Å². The van der Waals surface area contributed by atoms with Crippen molar-refractivity contribution in [3.63, 3.8) is 0 Å². The lowest BCUT2D eigenvalue weighted by molar-refractivity contribution is 0.304. The lowest BCUT2D eigenvalue weighted by atomic mass is 9.85. The van der Waals surface area contributed by atoms with Crippen LogP contribution in [0.4, 0.5) is 5.69 Å². The molecular weight excluding hydrogens is 196 g/mol. The van der Waals surface area contributed by atoms with Crippen molar-refractivity contribution in [2.75, 3.05) is 11.9 Å². The Kier molecular flexibility index (Phi) is 4.78. The summed E-state index contributed by atoms with van der Waals surface area (Å²) >= 11 is 0. The van der Waals surface area contributed by atoms with Crippen LogP contribution < -0.4 is 5.32 Å². The van der Waals surface area contributed by atoms with Crippen molar-refractivity contribution in [1.29, 1.82) is 0 Å². The van der Waals surface area contributed by atoms with Gasteiger partial charge in [0.2, 0.25) is 0 Å². The fraction of sp³-hybridized carbons (Fsp3) is 0.643. The van der Waals surface area contributed by atoms with E-state index in [1.165, 1.54) is 11.3 Å². The van der Waals surface area contributed by atoms with Gasteiger partial charge in [-0.15, -0.1) is 0 Å². The Morgan fingerprint density at radius 2 is 1.81 bits per heavy atom. The highest BCUT2D eigenvalue weighted by Crippen LogP contribution is 2.22. The van der Waals surface area contributed by atoms with Crippen LogP contribution in [-0.2, 0) is 0 Å². The predicted molar refractivity (Wildman–Crippen MR) is 70.6 cm³/mol. The molecule has 0 unspecified atom stereocenters. The highest BCUT2D eigenvalue weighted by atomic mass is 14.9. The number of rotatable bonds is 5. The van der Waals surface area contributed by atoms with E-state index in [9.17, 15) is 0 Å². The zero-order chi connectivity index (χ0) is 12.1. The number of hydrogen-bond donors (Lipinski definition) is 1. The van der Waals surface area contributed by atoms with E-state index in [1.54, 1.807) is 0 Å². The van der Waals surface area contributed by atoms with Crippen LogP contribution in [0.25, 0.3) is 0 Å². The number of nitrogens with one attached hydrogen (secondary N) is 1. The lowest BCUT2D eigenvalue weighted by Gasteiger charge is -2.25. The molecule has 2 heteroatoms. The topological polar surface area (TPSA) is 24.9 Å². The van der Waals surface area contributed by atoms with E-state index < -0.39 is 0 Å². The minimum absolute atomic E-state index is 0.715. The monoisotopic (exact) mass is 220 g/mol. The van der Waals surface area contributed by atoms with Gasteiger partial charge in [-0.25, -0.2) is 0 Å². The van der Waals surface area contributed by atoms with Crippen LogP contribution in [0, 0.1) is 24.7 Å². The van der Waals surface area contributed by atoms with Gasteiger partial charge in [0.15, 0.2) is 0 Å². The van der Waals surface area contributed by atoms with Gasteiger partial charge in [-0.05, 0) is 36.3 Å². The third-order valence-electron chi connectivity index (χ3n) is 3.26. The summed E-state index contributed by atoms with van der Waals surface area (Å²) in [5.74, 6) is 2.15. The highest BCUT2D eigenvalue weighted by Gasteiger charge is 2.17. The fourth-order valence-electron chi connectivity index (χ4n) is 2.14. The molecule has 0 radical (unpaired) electrons. The average Bonchev–Trinajstić information content (AvgIpc) is 2.20. The molecule has 0 aliphatic heterocycles. The summed E-state index contributed by atoms with van der Waals surface area (Å²) in [5.41, 5.74) is 2.43. The quantitative estimate of drug-likeness (QED) is 0.818. The number of aromatic nitrogens is 1. The van der Waals surface area contributed by atoms with Crippen LogP contribution in [0.3, 0.4) is 0 Å². The maximum Gasteiger partial charge on any atom is 0.0400 e. The van der Waals surface area contributed by atoms with Gasteiger partial charge in [-0.1, -0.05) is 27.7 Å². The molecule has 0 amide bonds. The average molecular weight is 220 g/mol. The van der Waals surface area contributed by atoms with Crippen molar-refractivity contribution in [3.05, 3.63) is 24.0 Å². The zero-order valence-corrected chi connectivity index (χ0v) is 11.1. The van der Waals surface area contributed by atoms with Crippen LogP contribution >= 0.6 is 0 Å². The molecule has 1 aromatic heterocycles. The van der Waals surface area contributed by atoms with E-state index in [0.717, 1.165) is 18.4 Å². The van der Waals surface area contributed by atoms with Crippen molar-refractivity contribution in [3.8, 4) is 0 Å². The summed E-state index contributed by atoms with van der Waals surface area (Å²) in [6.07, 6.45) is 3.75. The highest BCUT2D eigenvalue weighted by molar-refractivity contribution is 5.48. The van der Waals surface area contributed by atoms with Gasteiger partial charge in [0.05, 0.1) is 0 Å². The maximum absolute atomic E-state index is 4.10. The number of pyridine rings is 1. The van der Waals surface area contributed by atoms with Crippen molar-refractivity contribution in [1.82, 2.24) is 4.98 Å². The first-order valence-electron chi connectivity index (χ1n) is 6.16. The minimum Gasteiger partial charge on any atom is -0.384 e. The van der Waals surface area contributed by atoms with Gasteiger partial charge in [0.1, 0.15) is 0 Å². The Morgan fingerprint density at radius 1 is 1.19 bits per heavy atom. The van der Waals surface area contributed by atoms with Crippen molar-refractivity contribution >= 4 is 5.69 Å². The van der Waals surface area contributed by atoms with E-state index >= 15 is 0 Å². The van der Waals surface area contributed by atoms with Crippen LogP contribution in [0.2, 0.25) is 0 Å². The molecule has 1 rings (SSSR count). The molecule has 0 saturated carbocycles. The fourth-order valence-corrected chi connectivity index (χ4v) is 2.14. The molecule has 16 heavy (non-hydrogen) atoms. The third kappa shape index (κ3) is 3.51. The van der Waals surface area contributed by atoms with Gasteiger partial charge in [0.25, 0.3) is 0 Å². The molecule has 1 N–H and O–H groups in total. The Hall–Kier alpha value is -1.05. The normalized spacial score (nSPS) is 11.5. The summed E-state index contributed by atoms with van der Waals surface area (Å²) in [4.78, 5) is 4.10. The Labute approximate surface area is 99.5 Å². The molecule has 90 valence electrons. The van der Waals surface area contributed by atoms with Gasteiger partial charge in [0, 0.05) is 24.6 Å².